The van der Waals surface area contributed by atoms with E-state index in [0.717, 1.165) is 30.2 Å². The zero-order valence-electron chi connectivity index (χ0n) is 17.9. The van der Waals surface area contributed by atoms with Gasteiger partial charge in [-0.2, -0.15) is 0 Å². The van der Waals surface area contributed by atoms with Gasteiger partial charge < -0.3 is 14.6 Å². The molecule has 30 heavy (non-hydrogen) atoms. The van der Waals surface area contributed by atoms with E-state index in [1.807, 2.05) is 44.2 Å². The molecule has 0 aliphatic rings. The van der Waals surface area contributed by atoms with Gasteiger partial charge in [-0.3, -0.25) is 4.79 Å². The predicted molar refractivity (Wildman–Crippen MR) is 122 cm³/mol. The zero-order chi connectivity index (χ0) is 21.5. The second-order valence-corrected chi connectivity index (χ2v) is 8.06. The van der Waals surface area contributed by atoms with Crippen LogP contribution in [0.4, 0.5) is 5.82 Å². The Morgan fingerprint density at radius 3 is 2.50 bits per heavy atom. The van der Waals surface area contributed by atoms with Crippen molar-refractivity contribution >= 4 is 23.5 Å². The van der Waals surface area contributed by atoms with Gasteiger partial charge in [0.05, 0.1) is 11.4 Å². The molecule has 158 valence electrons. The lowest BCUT2D eigenvalue weighted by molar-refractivity contribution is 0.0913. The van der Waals surface area contributed by atoms with Gasteiger partial charge in [0, 0.05) is 30.8 Å². The first kappa shape index (κ1) is 21.9. The van der Waals surface area contributed by atoms with Crippen LogP contribution in [0, 0.1) is 0 Å². The molecule has 0 atom stereocenters. The summed E-state index contributed by atoms with van der Waals surface area (Å²) in [6.45, 7) is 9.82. The molecule has 7 heteroatoms. The number of rotatable bonds is 9. The fraction of sp³-hybridized carbons (Fsp3) is 0.348. The molecule has 0 radical (unpaired) electrons. The van der Waals surface area contributed by atoms with Gasteiger partial charge in [0.25, 0.3) is 5.91 Å². The molecule has 6 nitrogen and oxygen atoms in total. The van der Waals surface area contributed by atoms with Gasteiger partial charge in [-0.05, 0) is 39.8 Å². The van der Waals surface area contributed by atoms with Gasteiger partial charge in [-0.15, -0.1) is 0 Å². The van der Waals surface area contributed by atoms with Crippen molar-refractivity contribution in [2.24, 2.45) is 0 Å². The van der Waals surface area contributed by atoms with Gasteiger partial charge in [-0.25, -0.2) is 9.97 Å². The van der Waals surface area contributed by atoms with Gasteiger partial charge in [-0.1, -0.05) is 42.1 Å². The van der Waals surface area contributed by atoms with Crippen LogP contribution < -0.4 is 10.2 Å². The van der Waals surface area contributed by atoms with Crippen LogP contribution in [0.1, 0.15) is 44.0 Å². The average molecular weight is 425 g/mol. The van der Waals surface area contributed by atoms with Crippen LogP contribution in [-0.4, -0.2) is 35.0 Å². The third kappa shape index (κ3) is 5.63. The fourth-order valence-corrected chi connectivity index (χ4v) is 3.74. The highest BCUT2D eigenvalue weighted by Gasteiger charge is 2.14. The lowest BCUT2D eigenvalue weighted by Crippen LogP contribution is -2.29. The first-order valence-corrected chi connectivity index (χ1v) is 11.2. The molecule has 1 aromatic carbocycles. The number of anilines is 1. The summed E-state index contributed by atoms with van der Waals surface area (Å²) in [4.78, 5) is 23.8. The first-order valence-electron chi connectivity index (χ1n) is 10.2. The molecule has 0 spiro atoms. The zero-order valence-corrected chi connectivity index (χ0v) is 18.7. The van der Waals surface area contributed by atoms with Crippen molar-refractivity contribution in [1.29, 1.82) is 0 Å². The summed E-state index contributed by atoms with van der Waals surface area (Å²) in [5.41, 5.74) is 1.95. The monoisotopic (exact) mass is 424 g/mol. The SMILES string of the molecule is CCN(CC)c1cc(-c2ccccc2)nc(SCc2ccc(C(=O)NC(C)C)o2)n1. The largest absolute Gasteiger partial charge is 0.455 e. The standard InChI is InChI=1S/C23H28N4O2S/c1-5-27(6-2)21-14-19(17-10-8-7-9-11-17)25-23(26-21)30-15-18-12-13-20(29-18)22(28)24-16(3)4/h7-14,16H,5-6,15H2,1-4H3,(H,24,28). The Labute approximate surface area is 182 Å². The minimum atomic E-state index is -0.201. The third-order valence-electron chi connectivity index (χ3n) is 4.50. The van der Waals surface area contributed by atoms with Crippen molar-refractivity contribution < 1.29 is 9.21 Å². The van der Waals surface area contributed by atoms with E-state index in [9.17, 15) is 4.79 Å². The molecular formula is C23H28N4O2S. The van der Waals surface area contributed by atoms with Gasteiger partial charge in [0.1, 0.15) is 11.6 Å². The summed E-state index contributed by atoms with van der Waals surface area (Å²) in [5.74, 6) is 2.29. The van der Waals surface area contributed by atoms with Crippen molar-refractivity contribution in [2.45, 2.75) is 44.6 Å². The molecule has 0 unspecified atom stereocenters. The number of carbonyl (C=O) groups is 1. The summed E-state index contributed by atoms with van der Waals surface area (Å²) >= 11 is 1.50. The Morgan fingerprint density at radius 2 is 1.83 bits per heavy atom. The normalized spacial score (nSPS) is 11.0. The van der Waals surface area contributed by atoms with Crippen LogP contribution >= 0.6 is 11.8 Å². The van der Waals surface area contributed by atoms with E-state index < -0.39 is 0 Å². The quantitative estimate of drug-likeness (QED) is 0.384. The minimum Gasteiger partial charge on any atom is -0.455 e. The maximum absolute atomic E-state index is 12.1. The van der Waals surface area contributed by atoms with Crippen molar-refractivity contribution in [3.63, 3.8) is 0 Å². The van der Waals surface area contributed by atoms with Crippen LogP contribution in [0.3, 0.4) is 0 Å². The van der Waals surface area contributed by atoms with E-state index in [0.29, 0.717) is 22.4 Å². The second-order valence-electron chi connectivity index (χ2n) is 7.12. The summed E-state index contributed by atoms with van der Waals surface area (Å²) in [5, 5.41) is 3.52. The highest BCUT2D eigenvalue weighted by Crippen LogP contribution is 2.27. The van der Waals surface area contributed by atoms with E-state index >= 15 is 0 Å². The number of hydrogen-bond acceptors (Lipinski definition) is 6. The molecule has 0 bridgehead atoms. The molecule has 2 heterocycles. The lowest BCUT2D eigenvalue weighted by atomic mass is 10.1. The lowest BCUT2D eigenvalue weighted by Gasteiger charge is -2.20. The highest BCUT2D eigenvalue weighted by atomic mass is 32.2. The second kappa shape index (κ2) is 10.3. The number of nitrogens with one attached hydrogen (secondary N) is 1. The predicted octanol–water partition coefficient (Wildman–Crippen LogP) is 5.01. The average Bonchev–Trinajstić information content (AvgIpc) is 3.23. The molecule has 0 fully saturated rings. The highest BCUT2D eigenvalue weighted by molar-refractivity contribution is 7.98. The smallest absolute Gasteiger partial charge is 0.287 e. The van der Waals surface area contributed by atoms with E-state index in [2.05, 4.69) is 36.2 Å². The van der Waals surface area contributed by atoms with Gasteiger partial charge in [0.15, 0.2) is 10.9 Å². The number of thioether (sulfide) groups is 1. The number of carbonyl (C=O) groups excluding carboxylic acids is 1. The van der Waals surface area contributed by atoms with Crippen LogP contribution in [0.2, 0.25) is 0 Å². The van der Waals surface area contributed by atoms with Crippen LogP contribution in [0.15, 0.2) is 58.1 Å². The molecule has 1 N–H and O–H groups in total. The summed E-state index contributed by atoms with van der Waals surface area (Å²) in [6.07, 6.45) is 0. The molecular weight excluding hydrogens is 396 g/mol. The first-order chi connectivity index (χ1) is 14.5. The van der Waals surface area contributed by atoms with Crippen molar-refractivity contribution in [3.05, 3.63) is 60.1 Å². The molecule has 3 aromatic rings. The van der Waals surface area contributed by atoms with Crippen molar-refractivity contribution in [3.8, 4) is 11.3 Å². The number of nitrogens with zero attached hydrogens (tertiary/aromatic N) is 3. The molecule has 0 saturated heterocycles. The number of aromatic nitrogens is 2. The van der Waals surface area contributed by atoms with E-state index in [4.69, 9.17) is 14.4 Å². The van der Waals surface area contributed by atoms with E-state index in [1.165, 1.54) is 11.8 Å². The van der Waals surface area contributed by atoms with Gasteiger partial charge >= 0.3 is 0 Å². The van der Waals surface area contributed by atoms with Crippen LogP contribution in [-0.2, 0) is 5.75 Å². The summed E-state index contributed by atoms with van der Waals surface area (Å²) in [6, 6.07) is 15.7. The summed E-state index contributed by atoms with van der Waals surface area (Å²) in [7, 11) is 0. The van der Waals surface area contributed by atoms with E-state index in [-0.39, 0.29) is 11.9 Å². The molecule has 1 amide bonds. The molecule has 0 saturated carbocycles. The fourth-order valence-electron chi connectivity index (χ4n) is 2.99. The van der Waals surface area contributed by atoms with Gasteiger partial charge in [0.2, 0.25) is 0 Å². The molecule has 3 rings (SSSR count). The Morgan fingerprint density at radius 1 is 1.10 bits per heavy atom. The number of amides is 1. The maximum Gasteiger partial charge on any atom is 0.287 e. The van der Waals surface area contributed by atoms with E-state index in [1.54, 1.807) is 6.07 Å². The molecule has 2 aromatic heterocycles. The maximum atomic E-state index is 12.1. The van der Waals surface area contributed by atoms with Crippen LogP contribution in [0.5, 0.6) is 0 Å². The Kier molecular flexibility index (Phi) is 7.52. The number of hydrogen-bond donors (Lipinski definition) is 1. The summed E-state index contributed by atoms with van der Waals surface area (Å²) < 4.78 is 5.70. The van der Waals surface area contributed by atoms with Crippen molar-refractivity contribution in [2.75, 3.05) is 18.0 Å². The topological polar surface area (TPSA) is 71.3 Å². The minimum absolute atomic E-state index is 0.0630. The number of benzene rings is 1. The Hall–Kier alpha value is -2.80. The third-order valence-corrected chi connectivity index (χ3v) is 5.37. The Bertz CT molecular complexity index is 968. The van der Waals surface area contributed by atoms with Crippen molar-refractivity contribution in [1.82, 2.24) is 15.3 Å². The molecule has 0 aliphatic carbocycles. The number of furan rings is 1. The molecule has 0 aliphatic heterocycles. The van der Waals surface area contributed by atoms with Crippen LogP contribution in [0.25, 0.3) is 11.3 Å². The Balaban J connectivity index is 1.80.